The molecule has 5 nitrogen and oxygen atoms in total. The highest BCUT2D eigenvalue weighted by molar-refractivity contribution is 6.26. The zero-order chi connectivity index (χ0) is 18.3. The Morgan fingerprint density at radius 3 is 2.54 bits per heavy atom. The number of carbonyl (C=O) groups is 3. The molecule has 132 valence electrons. The summed E-state index contributed by atoms with van der Waals surface area (Å²) in [5, 5.41) is 0. The second kappa shape index (κ2) is 6.41. The van der Waals surface area contributed by atoms with Crippen LogP contribution in [0.3, 0.4) is 0 Å². The van der Waals surface area contributed by atoms with Crippen LogP contribution in [0.4, 0.5) is 5.69 Å². The van der Waals surface area contributed by atoms with E-state index in [-0.39, 0.29) is 17.7 Å². The zero-order valence-corrected chi connectivity index (χ0v) is 14.6. The Kier molecular flexibility index (Phi) is 4.07. The van der Waals surface area contributed by atoms with Gasteiger partial charge in [-0.05, 0) is 49.9 Å². The van der Waals surface area contributed by atoms with Gasteiger partial charge in [-0.15, -0.1) is 0 Å². The highest BCUT2D eigenvalue weighted by Crippen LogP contribution is 2.33. The number of carbonyl (C=O) groups excluding carboxylic acids is 3. The van der Waals surface area contributed by atoms with Crippen molar-refractivity contribution in [3.05, 3.63) is 65.2 Å². The maximum absolute atomic E-state index is 13.3. The molecule has 1 atom stereocenters. The Bertz CT molecular complexity index is 906. The first-order chi connectivity index (χ1) is 12.6. The predicted molar refractivity (Wildman–Crippen MR) is 98.1 cm³/mol. The molecule has 2 aromatic rings. The lowest BCUT2D eigenvalue weighted by Gasteiger charge is -2.34. The Hall–Kier alpha value is -2.95. The summed E-state index contributed by atoms with van der Waals surface area (Å²) >= 11 is 0. The van der Waals surface area contributed by atoms with Crippen molar-refractivity contribution >= 4 is 23.4 Å². The molecule has 5 heteroatoms. The summed E-state index contributed by atoms with van der Waals surface area (Å²) in [6.45, 7) is 2.40. The summed E-state index contributed by atoms with van der Waals surface area (Å²) < 4.78 is 0. The number of nitrogens with zero attached hydrogens (tertiary/aromatic N) is 2. The summed E-state index contributed by atoms with van der Waals surface area (Å²) in [6, 6.07) is 13.5. The van der Waals surface area contributed by atoms with Gasteiger partial charge in [0.1, 0.15) is 6.04 Å². The minimum absolute atomic E-state index is 0.168. The second-order valence-corrected chi connectivity index (χ2v) is 6.82. The van der Waals surface area contributed by atoms with Crippen LogP contribution in [0.5, 0.6) is 0 Å². The Morgan fingerprint density at radius 1 is 1.00 bits per heavy atom. The van der Waals surface area contributed by atoms with E-state index < -0.39 is 6.04 Å². The van der Waals surface area contributed by atoms with E-state index in [9.17, 15) is 14.4 Å². The minimum atomic E-state index is -0.573. The van der Waals surface area contributed by atoms with Gasteiger partial charge in [-0.25, -0.2) is 4.90 Å². The molecule has 1 saturated heterocycles. The number of imide groups is 1. The number of fused-ring (bicyclic) bond motifs is 2. The summed E-state index contributed by atoms with van der Waals surface area (Å²) in [7, 11) is 0. The van der Waals surface area contributed by atoms with Gasteiger partial charge in [0.05, 0.1) is 11.3 Å². The number of aryl methyl sites for hydroxylation is 1. The van der Waals surface area contributed by atoms with Crippen LogP contribution in [0, 0.1) is 6.92 Å². The lowest BCUT2D eigenvalue weighted by atomic mass is 10.0. The fourth-order valence-corrected chi connectivity index (χ4v) is 3.85. The molecule has 0 radical (unpaired) electrons. The van der Waals surface area contributed by atoms with E-state index in [0.29, 0.717) is 29.8 Å². The maximum Gasteiger partial charge on any atom is 0.265 e. The second-order valence-electron chi connectivity index (χ2n) is 6.82. The van der Waals surface area contributed by atoms with Crippen molar-refractivity contribution in [2.24, 2.45) is 0 Å². The van der Waals surface area contributed by atoms with Crippen LogP contribution in [-0.2, 0) is 4.79 Å². The summed E-state index contributed by atoms with van der Waals surface area (Å²) in [5.74, 6) is -0.851. The highest BCUT2D eigenvalue weighted by Gasteiger charge is 2.43. The van der Waals surface area contributed by atoms with Gasteiger partial charge in [-0.2, -0.15) is 0 Å². The molecular weight excluding hydrogens is 328 g/mol. The molecule has 0 aromatic heterocycles. The van der Waals surface area contributed by atoms with Gasteiger partial charge in [0.25, 0.3) is 17.7 Å². The van der Waals surface area contributed by atoms with E-state index >= 15 is 0 Å². The van der Waals surface area contributed by atoms with Gasteiger partial charge in [0, 0.05) is 12.1 Å². The van der Waals surface area contributed by atoms with Gasteiger partial charge in [-0.3, -0.25) is 14.4 Å². The fraction of sp³-hybridized carbons (Fsp3) is 0.286. The molecule has 2 aliphatic rings. The Morgan fingerprint density at radius 2 is 1.73 bits per heavy atom. The lowest BCUT2D eigenvalue weighted by Crippen LogP contribution is -2.52. The third-order valence-corrected chi connectivity index (χ3v) is 5.22. The smallest absolute Gasteiger partial charge is 0.265 e. The van der Waals surface area contributed by atoms with Crippen LogP contribution in [-0.4, -0.2) is 35.2 Å². The fourth-order valence-electron chi connectivity index (χ4n) is 3.85. The predicted octanol–water partition coefficient (Wildman–Crippen LogP) is 3.18. The summed E-state index contributed by atoms with van der Waals surface area (Å²) in [4.78, 5) is 42.5. The van der Waals surface area contributed by atoms with Gasteiger partial charge in [0.15, 0.2) is 0 Å². The quantitative estimate of drug-likeness (QED) is 0.744. The molecule has 0 aliphatic carbocycles. The molecule has 1 unspecified atom stereocenters. The van der Waals surface area contributed by atoms with Crippen molar-refractivity contribution in [3.63, 3.8) is 0 Å². The molecule has 3 amide bonds. The molecule has 0 saturated carbocycles. The van der Waals surface area contributed by atoms with Gasteiger partial charge in [0.2, 0.25) is 0 Å². The van der Waals surface area contributed by atoms with Crippen molar-refractivity contribution in [3.8, 4) is 0 Å². The molecular formula is C21H20N2O3. The number of anilines is 1. The Balaban J connectivity index is 1.88. The van der Waals surface area contributed by atoms with E-state index in [4.69, 9.17) is 0 Å². The van der Waals surface area contributed by atoms with Crippen LogP contribution in [0.25, 0.3) is 0 Å². The third-order valence-electron chi connectivity index (χ3n) is 5.22. The van der Waals surface area contributed by atoms with E-state index in [1.165, 1.54) is 4.90 Å². The third kappa shape index (κ3) is 2.51. The number of para-hydroxylation sites is 1. The first-order valence-corrected chi connectivity index (χ1v) is 8.93. The molecule has 26 heavy (non-hydrogen) atoms. The monoisotopic (exact) mass is 348 g/mol. The van der Waals surface area contributed by atoms with Crippen molar-refractivity contribution < 1.29 is 14.4 Å². The van der Waals surface area contributed by atoms with E-state index in [1.807, 2.05) is 19.1 Å². The highest BCUT2D eigenvalue weighted by atomic mass is 16.2. The molecule has 0 N–H and O–H groups in total. The van der Waals surface area contributed by atoms with E-state index in [1.54, 1.807) is 41.3 Å². The molecule has 2 heterocycles. The van der Waals surface area contributed by atoms with Gasteiger partial charge < -0.3 is 4.90 Å². The summed E-state index contributed by atoms with van der Waals surface area (Å²) in [5.41, 5.74) is 2.07. The Labute approximate surface area is 152 Å². The average molecular weight is 348 g/mol. The maximum atomic E-state index is 13.3. The molecule has 1 fully saturated rings. The molecule has 0 spiro atoms. The normalized spacial score (nSPS) is 19.7. The average Bonchev–Trinajstić information content (AvgIpc) is 2.76. The van der Waals surface area contributed by atoms with Crippen LogP contribution < -0.4 is 4.90 Å². The number of hydrogen-bond donors (Lipinski definition) is 0. The van der Waals surface area contributed by atoms with Crippen molar-refractivity contribution in [1.82, 2.24) is 4.90 Å². The van der Waals surface area contributed by atoms with E-state index in [0.717, 1.165) is 18.4 Å². The van der Waals surface area contributed by atoms with Gasteiger partial charge in [-0.1, -0.05) is 30.3 Å². The number of rotatable bonds is 1. The first-order valence-electron chi connectivity index (χ1n) is 8.93. The van der Waals surface area contributed by atoms with Crippen LogP contribution in [0.2, 0.25) is 0 Å². The standard InChI is InChI=1S/C21H20N2O3/c1-14-8-2-3-9-15(14)20(25)23-17-11-5-4-10-16(17)19(24)22-13-7-6-12-18(22)21(23)26/h2-5,8-11,18H,6-7,12-13H2,1H3. The number of piperidine rings is 1. The van der Waals surface area contributed by atoms with Crippen molar-refractivity contribution in [1.29, 1.82) is 0 Å². The van der Waals surface area contributed by atoms with Gasteiger partial charge >= 0.3 is 0 Å². The number of amides is 3. The number of benzene rings is 2. The topological polar surface area (TPSA) is 57.7 Å². The minimum Gasteiger partial charge on any atom is -0.327 e. The molecule has 2 aromatic carbocycles. The molecule has 4 rings (SSSR count). The zero-order valence-electron chi connectivity index (χ0n) is 14.6. The SMILES string of the molecule is Cc1ccccc1C(=O)N1C(=O)C2CCCCN2C(=O)c2ccccc21. The first kappa shape index (κ1) is 16.5. The lowest BCUT2D eigenvalue weighted by molar-refractivity contribution is -0.123. The van der Waals surface area contributed by atoms with E-state index in [2.05, 4.69) is 0 Å². The van der Waals surface area contributed by atoms with Crippen LogP contribution in [0.15, 0.2) is 48.5 Å². The van der Waals surface area contributed by atoms with Crippen LogP contribution in [0.1, 0.15) is 45.5 Å². The van der Waals surface area contributed by atoms with Crippen molar-refractivity contribution in [2.75, 3.05) is 11.4 Å². The molecule has 2 aliphatic heterocycles. The molecule has 0 bridgehead atoms. The number of hydrogen-bond acceptors (Lipinski definition) is 3. The summed E-state index contributed by atoms with van der Waals surface area (Å²) in [6.07, 6.45) is 2.35. The largest absolute Gasteiger partial charge is 0.327 e. The van der Waals surface area contributed by atoms with Crippen molar-refractivity contribution in [2.45, 2.75) is 32.2 Å². The van der Waals surface area contributed by atoms with Crippen LogP contribution >= 0.6 is 0 Å².